The Bertz CT molecular complexity index is 938. The number of benzene rings is 2. The Morgan fingerprint density at radius 1 is 1.03 bits per heavy atom. The third-order valence-corrected chi connectivity index (χ3v) is 4.21. The molecule has 0 aliphatic rings. The molecular weight excluding hydrogens is 385 g/mol. The van der Waals surface area contributed by atoms with E-state index in [1.165, 1.54) is 12.1 Å². The molecule has 5 nitrogen and oxygen atoms in total. The summed E-state index contributed by atoms with van der Waals surface area (Å²) in [5, 5.41) is 12.9. The van der Waals surface area contributed by atoms with Crippen LogP contribution in [0, 0.1) is 0 Å². The van der Waals surface area contributed by atoms with Gasteiger partial charge in [-0.1, -0.05) is 42.5 Å². The monoisotopic (exact) mass is 404 g/mol. The second-order valence-electron chi connectivity index (χ2n) is 6.35. The Morgan fingerprint density at radius 3 is 2.38 bits per heavy atom. The van der Waals surface area contributed by atoms with Crippen molar-refractivity contribution in [3.63, 3.8) is 0 Å². The van der Waals surface area contributed by atoms with Gasteiger partial charge in [0.05, 0.1) is 6.10 Å². The molecule has 0 aliphatic carbocycles. The van der Waals surface area contributed by atoms with Crippen LogP contribution in [0.1, 0.15) is 27.7 Å². The summed E-state index contributed by atoms with van der Waals surface area (Å²) in [6, 6.07) is 17.9. The highest BCUT2D eigenvalue weighted by atomic mass is 19.4. The van der Waals surface area contributed by atoms with Gasteiger partial charge in [-0.2, -0.15) is 0 Å². The van der Waals surface area contributed by atoms with Crippen molar-refractivity contribution in [3.8, 4) is 5.75 Å². The van der Waals surface area contributed by atoms with E-state index in [2.05, 4.69) is 10.1 Å². The molecule has 0 saturated heterocycles. The lowest BCUT2D eigenvalue weighted by Crippen LogP contribution is -2.30. The lowest BCUT2D eigenvalue weighted by Gasteiger charge is -2.15. The maximum atomic E-state index is 12.5. The van der Waals surface area contributed by atoms with E-state index in [9.17, 15) is 23.1 Å². The first-order valence-electron chi connectivity index (χ1n) is 8.83. The van der Waals surface area contributed by atoms with E-state index < -0.39 is 12.5 Å². The molecule has 1 aromatic heterocycles. The Morgan fingerprint density at radius 2 is 1.72 bits per heavy atom. The van der Waals surface area contributed by atoms with Crippen LogP contribution in [0.5, 0.6) is 5.75 Å². The molecular formula is C21H19F3N2O3. The van der Waals surface area contributed by atoms with Gasteiger partial charge in [0, 0.05) is 19.3 Å². The van der Waals surface area contributed by atoms with Gasteiger partial charge < -0.3 is 19.7 Å². The summed E-state index contributed by atoms with van der Waals surface area (Å²) in [6.45, 7) is 0.439. The first kappa shape index (κ1) is 20.5. The average Bonchev–Trinajstić information content (AvgIpc) is 3.14. The van der Waals surface area contributed by atoms with Crippen LogP contribution in [0.3, 0.4) is 0 Å². The molecule has 0 spiro atoms. The molecule has 0 saturated carbocycles. The largest absolute Gasteiger partial charge is 0.573 e. The van der Waals surface area contributed by atoms with Crippen molar-refractivity contribution in [3.05, 3.63) is 89.7 Å². The molecule has 3 rings (SSSR count). The fraction of sp³-hybridized carbons (Fsp3) is 0.190. The maximum Gasteiger partial charge on any atom is 0.573 e. The van der Waals surface area contributed by atoms with Crippen LogP contribution in [0.2, 0.25) is 0 Å². The van der Waals surface area contributed by atoms with Crippen molar-refractivity contribution in [2.24, 2.45) is 0 Å². The predicted molar refractivity (Wildman–Crippen MR) is 100 cm³/mol. The van der Waals surface area contributed by atoms with E-state index in [1.54, 1.807) is 22.9 Å². The number of hydrogen-bond acceptors (Lipinski definition) is 3. The summed E-state index contributed by atoms with van der Waals surface area (Å²) < 4.78 is 42.2. The minimum absolute atomic E-state index is 0.0885. The van der Waals surface area contributed by atoms with E-state index in [1.807, 2.05) is 30.3 Å². The lowest BCUT2D eigenvalue weighted by atomic mass is 10.1. The Balaban J connectivity index is 1.57. The molecule has 8 heteroatoms. The third-order valence-electron chi connectivity index (χ3n) is 4.21. The van der Waals surface area contributed by atoms with Crippen molar-refractivity contribution >= 4 is 5.91 Å². The topological polar surface area (TPSA) is 63.5 Å². The van der Waals surface area contributed by atoms with Crippen LogP contribution in [0.15, 0.2) is 72.9 Å². The van der Waals surface area contributed by atoms with E-state index in [0.717, 1.165) is 17.7 Å². The van der Waals surface area contributed by atoms with Crippen molar-refractivity contribution in [2.75, 3.05) is 6.54 Å². The van der Waals surface area contributed by atoms with E-state index in [0.29, 0.717) is 17.8 Å². The molecule has 1 amide bonds. The minimum atomic E-state index is -4.78. The number of aliphatic hydroxyl groups is 1. The molecule has 152 valence electrons. The summed E-state index contributed by atoms with van der Waals surface area (Å²) in [7, 11) is 0. The number of hydrogen-bond donors (Lipinski definition) is 2. The fourth-order valence-corrected chi connectivity index (χ4v) is 2.83. The van der Waals surface area contributed by atoms with Crippen molar-refractivity contribution in [1.29, 1.82) is 0 Å². The second-order valence-corrected chi connectivity index (χ2v) is 6.35. The highest BCUT2D eigenvalue weighted by Crippen LogP contribution is 2.24. The number of amides is 1. The Labute approximate surface area is 165 Å². The summed E-state index contributed by atoms with van der Waals surface area (Å²) in [6.07, 6.45) is -4.06. The Hall–Kier alpha value is -3.26. The van der Waals surface area contributed by atoms with Gasteiger partial charge in [0.15, 0.2) is 0 Å². The minimum Gasteiger partial charge on any atom is -0.406 e. The fourth-order valence-electron chi connectivity index (χ4n) is 2.83. The number of nitrogens with zero attached hydrogens (tertiary/aromatic N) is 1. The molecule has 0 radical (unpaired) electrons. The van der Waals surface area contributed by atoms with Crippen molar-refractivity contribution in [2.45, 2.75) is 19.0 Å². The van der Waals surface area contributed by atoms with Gasteiger partial charge in [-0.05, 0) is 35.4 Å². The summed E-state index contributed by atoms with van der Waals surface area (Å²) in [5.74, 6) is -0.738. The van der Waals surface area contributed by atoms with Gasteiger partial charge in [-0.15, -0.1) is 13.2 Å². The molecule has 0 bridgehead atoms. The number of carbonyl (C=O) groups excluding carboxylic acids is 1. The van der Waals surface area contributed by atoms with E-state index >= 15 is 0 Å². The first-order chi connectivity index (χ1) is 13.8. The SMILES string of the molecule is O=C(NCC(O)c1ccc(OC(F)(F)F)cc1)c1cccn1Cc1ccccc1. The van der Waals surface area contributed by atoms with Crippen LogP contribution in [-0.4, -0.2) is 28.5 Å². The number of rotatable bonds is 7. The van der Waals surface area contributed by atoms with Crippen LogP contribution in [-0.2, 0) is 6.54 Å². The van der Waals surface area contributed by atoms with Crippen LogP contribution in [0.4, 0.5) is 13.2 Å². The quantitative estimate of drug-likeness (QED) is 0.628. The normalized spacial score (nSPS) is 12.4. The lowest BCUT2D eigenvalue weighted by molar-refractivity contribution is -0.274. The van der Waals surface area contributed by atoms with Crippen LogP contribution >= 0.6 is 0 Å². The predicted octanol–water partition coefficient (Wildman–Crippen LogP) is 3.90. The van der Waals surface area contributed by atoms with Gasteiger partial charge in [0.25, 0.3) is 5.91 Å². The number of alkyl halides is 3. The number of halogens is 3. The molecule has 2 N–H and O–H groups in total. The second kappa shape index (κ2) is 8.83. The number of nitrogens with one attached hydrogen (secondary N) is 1. The number of aromatic nitrogens is 1. The number of ether oxygens (including phenoxy) is 1. The van der Waals surface area contributed by atoms with Crippen LogP contribution in [0.25, 0.3) is 0 Å². The molecule has 29 heavy (non-hydrogen) atoms. The van der Waals surface area contributed by atoms with Gasteiger partial charge in [0.1, 0.15) is 11.4 Å². The number of carbonyl (C=O) groups is 1. The first-order valence-corrected chi connectivity index (χ1v) is 8.83. The Kier molecular flexibility index (Phi) is 6.23. The highest BCUT2D eigenvalue weighted by Gasteiger charge is 2.31. The van der Waals surface area contributed by atoms with Gasteiger partial charge in [-0.3, -0.25) is 4.79 Å². The average molecular weight is 404 g/mol. The molecule has 0 aliphatic heterocycles. The molecule has 1 atom stereocenters. The molecule has 0 fully saturated rings. The zero-order chi connectivity index (χ0) is 20.9. The third kappa shape index (κ3) is 5.86. The maximum absolute atomic E-state index is 12.5. The molecule has 3 aromatic rings. The van der Waals surface area contributed by atoms with Gasteiger partial charge >= 0.3 is 6.36 Å². The van der Waals surface area contributed by atoms with Gasteiger partial charge in [0.2, 0.25) is 0 Å². The summed E-state index contributed by atoms with van der Waals surface area (Å²) in [4.78, 5) is 12.5. The van der Waals surface area contributed by atoms with E-state index in [-0.39, 0.29) is 18.2 Å². The van der Waals surface area contributed by atoms with E-state index in [4.69, 9.17) is 0 Å². The van der Waals surface area contributed by atoms with Crippen LogP contribution < -0.4 is 10.1 Å². The number of aliphatic hydroxyl groups excluding tert-OH is 1. The van der Waals surface area contributed by atoms with Gasteiger partial charge in [-0.25, -0.2) is 0 Å². The molecule has 1 unspecified atom stereocenters. The standard InChI is InChI=1S/C21H19F3N2O3/c22-21(23,24)29-17-10-8-16(9-11-17)19(27)13-25-20(28)18-7-4-12-26(18)14-15-5-2-1-3-6-15/h1-12,19,27H,13-14H2,(H,25,28). The smallest absolute Gasteiger partial charge is 0.406 e. The van der Waals surface area contributed by atoms with Crippen molar-refractivity contribution < 1.29 is 27.8 Å². The van der Waals surface area contributed by atoms with Crippen molar-refractivity contribution in [1.82, 2.24) is 9.88 Å². The molecule has 1 heterocycles. The summed E-state index contributed by atoms with van der Waals surface area (Å²) in [5.41, 5.74) is 1.84. The molecule has 2 aromatic carbocycles. The summed E-state index contributed by atoms with van der Waals surface area (Å²) >= 11 is 0. The zero-order valence-electron chi connectivity index (χ0n) is 15.3. The zero-order valence-corrected chi connectivity index (χ0v) is 15.3. The highest BCUT2D eigenvalue weighted by molar-refractivity contribution is 5.92.